The molecule has 0 heterocycles. The highest BCUT2D eigenvalue weighted by atomic mass is 14.4. The molecule has 0 nitrogen and oxygen atoms in total. The Bertz CT molecular complexity index is 3020. The molecule has 3 aliphatic rings. The van der Waals surface area contributed by atoms with E-state index in [2.05, 4.69) is 230 Å². The van der Waals surface area contributed by atoms with Crippen LogP contribution in [-0.4, -0.2) is 0 Å². The van der Waals surface area contributed by atoms with Crippen molar-refractivity contribution in [2.45, 2.75) is 83.5 Å². The summed E-state index contributed by atoms with van der Waals surface area (Å²) in [6.07, 6.45) is 1.82. The fraction of sp³-hybridized carbons (Fsp3) is 0.206. The molecule has 0 fully saturated rings. The van der Waals surface area contributed by atoms with E-state index in [0.717, 1.165) is 12.8 Å². The quantitative estimate of drug-likeness (QED) is 0.143. The number of fused-ring (bicyclic) bond motifs is 7. The van der Waals surface area contributed by atoms with Crippen molar-refractivity contribution in [1.29, 1.82) is 0 Å². The summed E-state index contributed by atoms with van der Waals surface area (Å²) >= 11 is 0. The number of hydrogen-bond acceptors (Lipinski definition) is 0. The third-order valence-corrected chi connectivity index (χ3v) is 15.6. The Morgan fingerprint density at radius 1 is 0.365 bits per heavy atom. The predicted molar refractivity (Wildman–Crippen MR) is 266 cm³/mol. The van der Waals surface area contributed by atoms with Crippen LogP contribution in [0.5, 0.6) is 0 Å². The summed E-state index contributed by atoms with van der Waals surface area (Å²) in [4.78, 5) is 0. The van der Waals surface area contributed by atoms with Gasteiger partial charge in [-0.25, -0.2) is 0 Å². The van der Waals surface area contributed by atoms with E-state index in [9.17, 15) is 0 Å². The SMILES string of the molecule is CC1=C(c2ccccc2Cc2ccc(-c3ccc(CC(c4ccc5c(c4)C(C)(C)c4ccccc4-5)c4ccc5c(c4)C(C)(C)c4ccccc4-5)cc3)cc2)c2ccccc2C1(C)C. The molecule has 0 saturated heterocycles. The van der Waals surface area contributed by atoms with Crippen molar-refractivity contribution in [3.05, 3.63) is 254 Å². The number of benzene rings is 8. The summed E-state index contributed by atoms with van der Waals surface area (Å²) in [5.74, 6) is 0.205. The van der Waals surface area contributed by atoms with E-state index in [4.69, 9.17) is 0 Å². The Hall–Kier alpha value is -6.50. The summed E-state index contributed by atoms with van der Waals surface area (Å²) in [5, 5.41) is 0. The third kappa shape index (κ3) is 6.24. The van der Waals surface area contributed by atoms with Crippen molar-refractivity contribution < 1.29 is 0 Å². The van der Waals surface area contributed by atoms with Crippen LogP contribution in [0.1, 0.15) is 121 Å². The average Bonchev–Trinajstić information content (AvgIpc) is 3.77. The first-order valence-electron chi connectivity index (χ1n) is 23.0. The lowest BCUT2D eigenvalue weighted by Gasteiger charge is -2.26. The van der Waals surface area contributed by atoms with Gasteiger partial charge in [0.05, 0.1) is 0 Å². The topological polar surface area (TPSA) is 0 Å². The van der Waals surface area contributed by atoms with Crippen LogP contribution >= 0.6 is 0 Å². The number of allylic oxidation sites excluding steroid dienone is 1. The van der Waals surface area contributed by atoms with E-state index < -0.39 is 0 Å². The minimum Gasteiger partial charge on any atom is -0.0619 e. The van der Waals surface area contributed by atoms with Crippen LogP contribution in [0.2, 0.25) is 0 Å². The van der Waals surface area contributed by atoms with Crippen LogP contribution in [0.25, 0.3) is 39.0 Å². The van der Waals surface area contributed by atoms with E-state index in [1.165, 1.54) is 111 Å². The molecular weight excluding hydrogens is 757 g/mol. The Morgan fingerprint density at radius 3 is 1.30 bits per heavy atom. The normalized spacial score (nSPS) is 15.8. The van der Waals surface area contributed by atoms with Gasteiger partial charge in [-0.3, -0.25) is 0 Å². The standard InChI is InChI=1S/C63H56/c1-40-60(53-20-12-15-23-57(53)61(40,2)3)48-17-9-8-16-45(48)36-41-24-28-43(29-25-41)44-30-26-42(27-31-44)37-54(46-32-34-51-49-18-10-13-21-55(49)62(4,5)58(51)38-46)47-33-35-52-50-19-11-14-22-56(50)63(6,7)59(52)39-47/h8-35,38-39,54H,36-37H2,1-7H3. The second-order valence-corrected chi connectivity index (χ2v) is 20.1. The van der Waals surface area contributed by atoms with E-state index >= 15 is 0 Å². The van der Waals surface area contributed by atoms with Crippen molar-refractivity contribution in [2.75, 3.05) is 0 Å². The third-order valence-electron chi connectivity index (χ3n) is 15.6. The number of rotatable bonds is 8. The molecule has 0 saturated carbocycles. The molecule has 8 aromatic rings. The first kappa shape index (κ1) is 39.4. The van der Waals surface area contributed by atoms with Gasteiger partial charge < -0.3 is 0 Å². The van der Waals surface area contributed by atoms with Crippen LogP contribution < -0.4 is 0 Å². The fourth-order valence-electron chi connectivity index (χ4n) is 11.6. The van der Waals surface area contributed by atoms with E-state index in [0.29, 0.717) is 0 Å². The molecule has 0 bridgehead atoms. The van der Waals surface area contributed by atoms with Gasteiger partial charge in [-0.15, -0.1) is 0 Å². The smallest absolute Gasteiger partial charge is 0.0158 e. The van der Waals surface area contributed by atoms with Crippen molar-refractivity contribution in [3.8, 4) is 33.4 Å². The minimum absolute atomic E-state index is 0.0230. The van der Waals surface area contributed by atoms with Crippen LogP contribution in [0.15, 0.2) is 188 Å². The largest absolute Gasteiger partial charge is 0.0619 e. The second-order valence-electron chi connectivity index (χ2n) is 20.1. The Labute approximate surface area is 375 Å². The first-order valence-corrected chi connectivity index (χ1v) is 23.0. The van der Waals surface area contributed by atoms with Crippen molar-refractivity contribution in [2.24, 2.45) is 0 Å². The zero-order valence-electron chi connectivity index (χ0n) is 37.8. The first-order chi connectivity index (χ1) is 30.4. The molecule has 0 amide bonds. The lowest BCUT2D eigenvalue weighted by molar-refractivity contribution is 0.639. The molecule has 3 aliphatic carbocycles. The van der Waals surface area contributed by atoms with Crippen LogP contribution in [-0.2, 0) is 29.1 Å². The summed E-state index contributed by atoms with van der Waals surface area (Å²) < 4.78 is 0. The molecule has 0 radical (unpaired) electrons. The Balaban J connectivity index is 0.892. The van der Waals surface area contributed by atoms with Crippen LogP contribution in [0.4, 0.5) is 0 Å². The maximum atomic E-state index is 2.53. The molecule has 0 aromatic heterocycles. The zero-order valence-corrected chi connectivity index (χ0v) is 37.8. The maximum absolute atomic E-state index is 2.53. The lowest BCUT2D eigenvalue weighted by atomic mass is 9.77. The summed E-state index contributed by atoms with van der Waals surface area (Å²) in [6.45, 7) is 16.6. The van der Waals surface area contributed by atoms with Crippen molar-refractivity contribution >= 4 is 5.57 Å². The molecule has 0 atom stereocenters. The van der Waals surface area contributed by atoms with Crippen molar-refractivity contribution in [3.63, 3.8) is 0 Å². The molecule has 63 heavy (non-hydrogen) atoms. The van der Waals surface area contributed by atoms with Crippen molar-refractivity contribution in [1.82, 2.24) is 0 Å². The summed E-state index contributed by atoms with van der Waals surface area (Å²) in [5.41, 5.74) is 27.5. The van der Waals surface area contributed by atoms with E-state index in [1.807, 2.05) is 0 Å². The highest BCUT2D eigenvalue weighted by molar-refractivity contribution is 5.91. The fourth-order valence-corrected chi connectivity index (χ4v) is 11.6. The average molecular weight is 813 g/mol. The number of hydrogen-bond donors (Lipinski definition) is 0. The second kappa shape index (κ2) is 14.5. The predicted octanol–water partition coefficient (Wildman–Crippen LogP) is 16.0. The molecule has 0 aliphatic heterocycles. The van der Waals surface area contributed by atoms with Gasteiger partial charge in [0.2, 0.25) is 0 Å². The van der Waals surface area contributed by atoms with E-state index in [1.54, 1.807) is 0 Å². The molecular formula is C63H56. The van der Waals surface area contributed by atoms with Gasteiger partial charge in [0.15, 0.2) is 0 Å². The molecule has 0 heteroatoms. The monoisotopic (exact) mass is 812 g/mol. The Kier molecular flexibility index (Phi) is 9.08. The van der Waals surface area contributed by atoms with Gasteiger partial charge >= 0.3 is 0 Å². The summed E-state index contributed by atoms with van der Waals surface area (Å²) in [7, 11) is 0. The maximum Gasteiger partial charge on any atom is 0.0158 e. The molecule has 8 aromatic carbocycles. The van der Waals surface area contributed by atoms with Gasteiger partial charge in [0, 0.05) is 22.2 Å². The molecule has 308 valence electrons. The highest BCUT2D eigenvalue weighted by Gasteiger charge is 2.39. The molecule has 11 rings (SSSR count). The Morgan fingerprint density at radius 2 is 0.778 bits per heavy atom. The van der Waals surface area contributed by atoms with Gasteiger partial charge in [-0.1, -0.05) is 229 Å². The lowest BCUT2D eigenvalue weighted by Crippen LogP contribution is -2.17. The van der Waals surface area contributed by atoms with E-state index in [-0.39, 0.29) is 22.2 Å². The van der Waals surface area contributed by atoms with Gasteiger partial charge in [-0.05, 0) is 125 Å². The minimum atomic E-state index is -0.0510. The zero-order chi connectivity index (χ0) is 43.3. The van der Waals surface area contributed by atoms with Gasteiger partial charge in [0.25, 0.3) is 0 Å². The molecule has 0 N–H and O–H groups in total. The van der Waals surface area contributed by atoms with Gasteiger partial charge in [-0.2, -0.15) is 0 Å². The van der Waals surface area contributed by atoms with Crippen LogP contribution in [0.3, 0.4) is 0 Å². The highest BCUT2D eigenvalue weighted by Crippen LogP contribution is 2.53. The van der Waals surface area contributed by atoms with Crippen LogP contribution in [0, 0.1) is 0 Å². The molecule has 0 unspecified atom stereocenters. The van der Waals surface area contributed by atoms with Gasteiger partial charge in [0.1, 0.15) is 0 Å². The molecule has 0 spiro atoms. The summed E-state index contributed by atoms with van der Waals surface area (Å²) in [6, 6.07) is 69.3.